The zero-order chi connectivity index (χ0) is 12.8. The average molecular weight is 239 g/mol. The van der Waals surface area contributed by atoms with Gasteiger partial charge < -0.3 is 10.0 Å². The summed E-state index contributed by atoms with van der Waals surface area (Å²) in [6.07, 6.45) is 2.77. The third-order valence-electron chi connectivity index (χ3n) is 4.04. The first-order valence-electron chi connectivity index (χ1n) is 6.22. The molecule has 2 aliphatic rings. The molecule has 17 heavy (non-hydrogen) atoms. The van der Waals surface area contributed by atoms with E-state index in [9.17, 15) is 9.59 Å². The van der Waals surface area contributed by atoms with Crippen LogP contribution in [0.3, 0.4) is 0 Å². The van der Waals surface area contributed by atoms with Crippen molar-refractivity contribution in [3.63, 3.8) is 0 Å². The maximum Gasteiger partial charge on any atom is 0.312 e. The number of carbonyl (C=O) groups is 2. The number of carbonyl (C=O) groups excluding carboxylic acids is 1. The van der Waals surface area contributed by atoms with Gasteiger partial charge in [-0.1, -0.05) is 20.8 Å². The molecule has 0 aromatic heterocycles. The Balaban J connectivity index is 2.13. The van der Waals surface area contributed by atoms with Crippen LogP contribution in [0.1, 0.15) is 46.5 Å². The van der Waals surface area contributed by atoms with E-state index in [1.807, 2.05) is 4.90 Å². The Morgan fingerprint density at radius 3 is 2.53 bits per heavy atom. The Bertz CT molecular complexity index is 364. The van der Waals surface area contributed by atoms with Crippen molar-refractivity contribution in [1.29, 1.82) is 0 Å². The van der Waals surface area contributed by atoms with E-state index in [1.54, 1.807) is 0 Å². The Hall–Kier alpha value is -1.06. The van der Waals surface area contributed by atoms with Gasteiger partial charge in [-0.25, -0.2) is 0 Å². The van der Waals surface area contributed by atoms with Crippen molar-refractivity contribution in [3.8, 4) is 0 Å². The normalized spacial score (nSPS) is 34.8. The molecular formula is C13H21NO3. The number of carboxylic acid groups (broad SMARTS) is 1. The van der Waals surface area contributed by atoms with Gasteiger partial charge >= 0.3 is 5.97 Å². The van der Waals surface area contributed by atoms with Gasteiger partial charge in [0.1, 0.15) is 6.42 Å². The Morgan fingerprint density at radius 2 is 1.94 bits per heavy atom. The third kappa shape index (κ3) is 2.45. The molecule has 4 nitrogen and oxygen atoms in total. The molecule has 1 aliphatic carbocycles. The van der Waals surface area contributed by atoms with E-state index in [1.165, 1.54) is 0 Å². The molecule has 0 spiro atoms. The lowest BCUT2D eigenvalue weighted by Crippen LogP contribution is -2.38. The minimum atomic E-state index is -1.03. The van der Waals surface area contributed by atoms with Crippen LogP contribution < -0.4 is 0 Å². The van der Waals surface area contributed by atoms with Crippen LogP contribution in [-0.4, -0.2) is 34.5 Å². The summed E-state index contributed by atoms with van der Waals surface area (Å²) in [5, 5.41) is 8.70. The number of fused-ring (bicyclic) bond motifs is 2. The Morgan fingerprint density at radius 1 is 1.29 bits per heavy atom. The van der Waals surface area contributed by atoms with Crippen LogP contribution >= 0.6 is 0 Å². The van der Waals surface area contributed by atoms with Crippen LogP contribution in [0, 0.1) is 10.8 Å². The quantitative estimate of drug-likeness (QED) is 0.749. The second kappa shape index (κ2) is 3.72. The van der Waals surface area contributed by atoms with Crippen LogP contribution in [0.15, 0.2) is 0 Å². The lowest BCUT2D eigenvalue weighted by atomic mass is 9.65. The van der Waals surface area contributed by atoms with E-state index < -0.39 is 5.97 Å². The van der Waals surface area contributed by atoms with Gasteiger partial charge in [0.05, 0.1) is 0 Å². The lowest BCUT2D eigenvalue weighted by molar-refractivity contribution is -0.144. The largest absolute Gasteiger partial charge is 0.481 e. The van der Waals surface area contributed by atoms with E-state index in [2.05, 4.69) is 20.8 Å². The highest BCUT2D eigenvalue weighted by Crippen LogP contribution is 2.52. The molecule has 1 saturated carbocycles. The number of hydrogen-bond acceptors (Lipinski definition) is 2. The fourth-order valence-electron chi connectivity index (χ4n) is 3.98. The zero-order valence-electron chi connectivity index (χ0n) is 10.8. The monoisotopic (exact) mass is 239 g/mol. The van der Waals surface area contributed by atoms with Crippen molar-refractivity contribution in [1.82, 2.24) is 4.90 Å². The van der Waals surface area contributed by atoms with Crippen molar-refractivity contribution in [3.05, 3.63) is 0 Å². The molecule has 1 N–H and O–H groups in total. The molecule has 1 heterocycles. The van der Waals surface area contributed by atoms with E-state index in [0.717, 1.165) is 25.8 Å². The van der Waals surface area contributed by atoms with Crippen LogP contribution in [0.25, 0.3) is 0 Å². The smallest absolute Gasteiger partial charge is 0.312 e. The maximum atomic E-state index is 11.9. The standard InChI is InChI=1S/C13H21NO3/c1-12(2)5-9-6-13(3,7-12)8-14(9)10(15)4-11(16)17/h9H,4-8H2,1-3H3,(H,16,17). The average Bonchev–Trinajstić information content (AvgIpc) is 2.33. The Labute approximate surface area is 102 Å². The fraction of sp³-hybridized carbons (Fsp3) is 0.846. The number of carboxylic acids is 1. The van der Waals surface area contributed by atoms with Crippen molar-refractivity contribution in [2.45, 2.75) is 52.5 Å². The molecule has 1 saturated heterocycles. The number of nitrogens with zero attached hydrogens (tertiary/aromatic N) is 1. The van der Waals surface area contributed by atoms with E-state index in [4.69, 9.17) is 5.11 Å². The molecule has 2 rings (SSSR count). The highest BCUT2D eigenvalue weighted by Gasteiger charge is 2.50. The molecule has 2 fully saturated rings. The number of aliphatic carboxylic acids is 1. The first kappa shape index (κ1) is 12.4. The number of hydrogen-bond donors (Lipinski definition) is 1. The van der Waals surface area contributed by atoms with Gasteiger partial charge in [-0.05, 0) is 30.1 Å². The summed E-state index contributed by atoms with van der Waals surface area (Å²) in [6, 6.07) is 0.246. The highest BCUT2D eigenvalue weighted by atomic mass is 16.4. The van der Waals surface area contributed by atoms with Crippen molar-refractivity contribution < 1.29 is 14.7 Å². The molecule has 0 aromatic carbocycles. The van der Waals surface area contributed by atoms with E-state index >= 15 is 0 Å². The molecule has 0 radical (unpaired) electrons. The zero-order valence-corrected chi connectivity index (χ0v) is 10.8. The summed E-state index contributed by atoms with van der Waals surface area (Å²) in [5.74, 6) is -1.25. The second-order valence-corrected chi connectivity index (χ2v) is 6.81. The summed E-state index contributed by atoms with van der Waals surface area (Å²) in [6.45, 7) is 7.42. The predicted octanol–water partition coefficient (Wildman–Crippen LogP) is 1.89. The summed E-state index contributed by atoms with van der Waals surface area (Å²) >= 11 is 0. The molecule has 0 aromatic rings. The highest BCUT2D eigenvalue weighted by molar-refractivity contribution is 5.93. The van der Waals surface area contributed by atoms with Crippen molar-refractivity contribution in [2.24, 2.45) is 10.8 Å². The van der Waals surface area contributed by atoms with Gasteiger partial charge in [0.15, 0.2) is 0 Å². The molecule has 4 heteroatoms. The molecule has 1 amide bonds. The maximum absolute atomic E-state index is 11.9. The minimum Gasteiger partial charge on any atom is -0.481 e. The van der Waals surface area contributed by atoms with Crippen LogP contribution in [-0.2, 0) is 9.59 Å². The van der Waals surface area contributed by atoms with Crippen molar-refractivity contribution >= 4 is 11.9 Å². The van der Waals surface area contributed by atoms with Gasteiger partial charge in [-0.15, -0.1) is 0 Å². The molecule has 1 aliphatic heterocycles. The van der Waals surface area contributed by atoms with Gasteiger partial charge in [-0.2, -0.15) is 0 Å². The lowest BCUT2D eigenvalue weighted by Gasteiger charge is -2.39. The molecular weight excluding hydrogens is 218 g/mol. The van der Waals surface area contributed by atoms with Gasteiger partial charge in [0.25, 0.3) is 0 Å². The Kier molecular flexibility index (Phi) is 2.71. The predicted molar refractivity (Wildman–Crippen MR) is 63.5 cm³/mol. The van der Waals surface area contributed by atoms with Gasteiger partial charge in [0.2, 0.25) is 5.91 Å². The van der Waals surface area contributed by atoms with Gasteiger partial charge in [0, 0.05) is 12.6 Å². The SMILES string of the molecule is CC1(C)CC2CC(C)(CN2C(=O)CC(=O)O)C1. The van der Waals surface area contributed by atoms with Crippen LogP contribution in [0.2, 0.25) is 0 Å². The molecule has 2 bridgehead atoms. The third-order valence-corrected chi connectivity index (χ3v) is 4.04. The molecule has 96 valence electrons. The number of amides is 1. The van der Waals surface area contributed by atoms with Crippen molar-refractivity contribution in [2.75, 3.05) is 6.54 Å². The molecule has 2 atom stereocenters. The van der Waals surface area contributed by atoms with Gasteiger partial charge in [-0.3, -0.25) is 9.59 Å². The number of likely N-dealkylation sites (tertiary alicyclic amines) is 1. The first-order valence-corrected chi connectivity index (χ1v) is 6.22. The van der Waals surface area contributed by atoms with E-state index in [-0.39, 0.29) is 29.2 Å². The summed E-state index contributed by atoms with van der Waals surface area (Å²) in [4.78, 5) is 24.3. The summed E-state index contributed by atoms with van der Waals surface area (Å²) < 4.78 is 0. The molecule has 2 unspecified atom stereocenters. The van der Waals surface area contributed by atoms with Crippen LogP contribution in [0.5, 0.6) is 0 Å². The van der Waals surface area contributed by atoms with E-state index in [0.29, 0.717) is 0 Å². The topological polar surface area (TPSA) is 57.6 Å². The van der Waals surface area contributed by atoms with Crippen LogP contribution in [0.4, 0.5) is 0 Å². The summed E-state index contributed by atoms with van der Waals surface area (Å²) in [5.41, 5.74) is 0.441. The first-order chi connectivity index (χ1) is 7.71. The minimum absolute atomic E-state index is 0.181. The second-order valence-electron chi connectivity index (χ2n) is 6.81. The number of rotatable bonds is 2. The summed E-state index contributed by atoms with van der Waals surface area (Å²) in [7, 11) is 0. The fourth-order valence-corrected chi connectivity index (χ4v) is 3.98.